The quantitative estimate of drug-likeness (QED) is 0.724. The van der Waals surface area contributed by atoms with Crippen molar-refractivity contribution in [1.82, 2.24) is 9.97 Å². The SMILES string of the molecule is CCOC(=O)c1sc2nc(C)nc(N3CCC(C(=O)OCC)CC3)c2c1C. The van der Waals surface area contributed by atoms with Gasteiger partial charge < -0.3 is 14.4 Å². The van der Waals surface area contributed by atoms with Crippen LogP contribution in [0.4, 0.5) is 5.82 Å². The molecule has 0 atom stereocenters. The number of nitrogens with zero attached hydrogens (tertiary/aromatic N) is 3. The lowest BCUT2D eigenvalue weighted by Crippen LogP contribution is -2.37. The molecule has 7 nitrogen and oxygen atoms in total. The molecule has 146 valence electrons. The van der Waals surface area contributed by atoms with E-state index in [4.69, 9.17) is 9.47 Å². The molecule has 1 aliphatic rings. The summed E-state index contributed by atoms with van der Waals surface area (Å²) in [7, 11) is 0. The average molecular weight is 391 g/mol. The van der Waals surface area contributed by atoms with Crippen LogP contribution in [-0.4, -0.2) is 48.2 Å². The van der Waals surface area contributed by atoms with Crippen molar-refractivity contribution >= 4 is 39.3 Å². The third kappa shape index (κ3) is 3.90. The molecule has 0 aromatic carbocycles. The maximum absolute atomic E-state index is 12.3. The fourth-order valence-corrected chi connectivity index (χ4v) is 4.54. The van der Waals surface area contributed by atoms with E-state index in [0.717, 1.165) is 47.5 Å². The van der Waals surface area contributed by atoms with E-state index in [1.54, 1.807) is 6.92 Å². The third-order valence-corrected chi connectivity index (χ3v) is 5.92. The van der Waals surface area contributed by atoms with Gasteiger partial charge in [0.15, 0.2) is 0 Å². The van der Waals surface area contributed by atoms with Crippen molar-refractivity contribution in [1.29, 1.82) is 0 Å². The summed E-state index contributed by atoms with van der Waals surface area (Å²) in [4.78, 5) is 37.0. The predicted octanol–water partition coefficient (Wildman–Crippen LogP) is 3.26. The van der Waals surface area contributed by atoms with E-state index < -0.39 is 0 Å². The number of hydrogen-bond acceptors (Lipinski definition) is 8. The minimum Gasteiger partial charge on any atom is -0.466 e. The summed E-state index contributed by atoms with van der Waals surface area (Å²) in [5, 5.41) is 0.906. The Balaban J connectivity index is 1.91. The molecule has 0 radical (unpaired) electrons. The van der Waals surface area contributed by atoms with Crippen molar-refractivity contribution in [3.8, 4) is 0 Å². The molecule has 0 aliphatic carbocycles. The van der Waals surface area contributed by atoms with E-state index >= 15 is 0 Å². The first-order valence-electron chi connectivity index (χ1n) is 9.32. The number of carbonyl (C=O) groups is 2. The summed E-state index contributed by atoms with van der Waals surface area (Å²) in [5.41, 5.74) is 0.857. The summed E-state index contributed by atoms with van der Waals surface area (Å²) in [6, 6.07) is 0. The van der Waals surface area contributed by atoms with Crippen LogP contribution in [0.1, 0.15) is 47.7 Å². The van der Waals surface area contributed by atoms with Gasteiger partial charge in [-0.2, -0.15) is 0 Å². The van der Waals surface area contributed by atoms with Gasteiger partial charge in [-0.05, 0) is 46.1 Å². The monoisotopic (exact) mass is 391 g/mol. The minimum atomic E-state index is -0.317. The van der Waals surface area contributed by atoms with Crippen molar-refractivity contribution in [2.24, 2.45) is 5.92 Å². The Labute approximate surface area is 162 Å². The van der Waals surface area contributed by atoms with Gasteiger partial charge >= 0.3 is 11.9 Å². The molecule has 8 heteroatoms. The molecular formula is C19H25N3O4S. The zero-order valence-corrected chi connectivity index (χ0v) is 17.0. The van der Waals surface area contributed by atoms with Gasteiger partial charge in [-0.1, -0.05) is 0 Å². The van der Waals surface area contributed by atoms with Crippen LogP contribution in [-0.2, 0) is 14.3 Å². The van der Waals surface area contributed by atoms with Crippen molar-refractivity contribution in [2.75, 3.05) is 31.2 Å². The first kappa shape index (κ1) is 19.5. The second-order valence-corrected chi connectivity index (χ2v) is 7.56. The Bertz CT molecular complexity index is 856. The van der Waals surface area contributed by atoms with Crippen molar-refractivity contribution in [2.45, 2.75) is 40.5 Å². The molecule has 0 bridgehead atoms. The normalized spacial score (nSPS) is 15.2. The van der Waals surface area contributed by atoms with Gasteiger partial charge in [-0.15, -0.1) is 11.3 Å². The lowest BCUT2D eigenvalue weighted by atomic mass is 9.97. The minimum absolute atomic E-state index is 0.0571. The van der Waals surface area contributed by atoms with E-state index in [0.29, 0.717) is 23.9 Å². The number of piperidine rings is 1. The Kier molecular flexibility index (Phi) is 5.94. The zero-order chi connectivity index (χ0) is 19.6. The highest BCUT2D eigenvalue weighted by Crippen LogP contribution is 2.37. The van der Waals surface area contributed by atoms with Gasteiger partial charge in [-0.25, -0.2) is 14.8 Å². The molecule has 1 aliphatic heterocycles. The number of fused-ring (bicyclic) bond motifs is 1. The fourth-order valence-electron chi connectivity index (χ4n) is 3.43. The number of thiophene rings is 1. The summed E-state index contributed by atoms with van der Waals surface area (Å²) in [5.74, 6) is 1.02. The Morgan fingerprint density at radius 3 is 2.41 bits per heavy atom. The number of aryl methyl sites for hydroxylation is 2. The Morgan fingerprint density at radius 2 is 1.78 bits per heavy atom. The third-order valence-electron chi connectivity index (χ3n) is 4.76. The standard InChI is InChI=1S/C19H25N3O4S/c1-5-25-18(23)13-7-9-22(10-8-13)16-14-11(3)15(19(24)26-6-2)27-17(14)21-12(4)20-16/h13H,5-10H2,1-4H3. The molecule has 1 fully saturated rings. The van der Waals surface area contributed by atoms with Gasteiger partial charge in [0.1, 0.15) is 21.3 Å². The van der Waals surface area contributed by atoms with E-state index in [-0.39, 0.29) is 17.9 Å². The number of esters is 2. The van der Waals surface area contributed by atoms with E-state index in [9.17, 15) is 9.59 Å². The maximum Gasteiger partial charge on any atom is 0.348 e. The number of aromatic nitrogens is 2. The molecule has 2 aromatic heterocycles. The van der Waals surface area contributed by atoms with Gasteiger partial charge in [0, 0.05) is 13.1 Å². The van der Waals surface area contributed by atoms with E-state index in [1.165, 1.54) is 11.3 Å². The molecule has 1 saturated heterocycles. The summed E-state index contributed by atoms with van der Waals surface area (Å²) in [6.07, 6.45) is 1.47. The lowest BCUT2D eigenvalue weighted by Gasteiger charge is -2.32. The smallest absolute Gasteiger partial charge is 0.348 e. The molecule has 0 saturated carbocycles. The topological polar surface area (TPSA) is 81.6 Å². The Morgan fingerprint density at radius 1 is 1.11 bits per heavy atom. The number of carbonyl (C=O) groups excluding carboxylic acids is 2. The van der Waals surface area contributed by atoms with Gasteiger partial charge in [0.2, 0.25) is 0 Å². The second-order valence-electron chi connectivity index (χ2n) is 6.56. The van der Waals surface area contributed by atoms with Crippen LogP contribution >= 0.6 is 11.3 Å². The summed E-state index contributed by atoms with van der Waals surface area (Å²) in [6.45, 7) is 9.59. The molecule has 2 aromatic rings. The van der Waals surface area contributed by atoms with Crippen molar-refractivity contribution in [3.63, 3.8) is 0 Å². The van der Waals surface area contributed by atoms with Crippen LogP contribution in [0.3, 0.4) is 0 Å². The molecular weight excluding hydrogens is 366 g/mol. The Hall–Kier alpha value is -2.22. The molecule has 0 N–H and O–H groups in total. The average Bonchev–Trinajstić information content (AvgIpc) is 2.98. The van der Waals surface area contributed by atoms with Gasteiger partial charge in [-0.3, -0.25) is 4.79 Å². The summed E-state index contributed by atoms with van der Waals surface area (Å²) < 4.78 is 10.3. The number of ether oxygens (including phenoxy) is 2. The molecule has 3 rings (SSSR count). The van der Waals surface area contributed by atoms with Crippen molar-refractivity contribution in [3.05, 3.63) is 16.3 Å². The zero-order valence-electron chi connectivity index (χ0n) is 16.2. The van der Waals surface area contributed by atoms with Crippen LogP contribution in [0, 0.1) is 19.8 Å². The lowest BCUT2D eigenvalue weighted by molar-refractivity contribution is -0.148. The summed E-state index contributed by atoms with van der Waals surface area (Å²) >= 11 is 1.35. The van der Waals surface area contributed by atoms with Crippen LogP contribution in [0.5, 0.6) is 0 Å². The molecule has 0 amide bonds. The van der Waals surface area contributed by atoms with E-state index in [2.05, 4.69) is 14.9 Å². The molecule has 27 heavy (non-hydrogen) atoms. The van der Waals surface area contributed by atoms with Gasteiger partial charge in [0.05, 0.1) is 24.5 Å². The highest BCUT2D eigenvalue weighted by Gasteiger charge is 2.29. The number of hydrogen-bond donors (Lipinski definition) is 0. The molecule has 0 spiro atoms. The maximum atomic E-state index is 12.3. The van der Waals surface area contributed by atoms with Crippen LogP contribution in [0.15, 0.2) is 0 Å². The number of anilines is 1. The van der Waals surface area contributed by atoms with Gasteiger partial charge in [0.25, 0.3) is 0 Å². The highest BCUT2D eigenvalue weighted by molar-refractivity contribution is 7.20. The largest absolute Gasteiger partial charge is 0.466 e. The predicted molar refractivity (Wildman–Crippen MR) is 104 cm³/mol. The molecule has 3 heterocycles. The first-order chi connectivity index (χ1) is 13.0. The molecule has 0 unspecified atom stereocenters. The van der Waals surface area contributed by atoms with Crippen molar-refractivity contribution < 1.29 is 19.1 Å². The highest BCUT2D eigenvalue weighted by atomic mass is 32.1. The van der Waals surface area contributed by atoms with Crippen LogP contribution in [0.25, 0.3) is 10.2 Å². The van der Waals surface area contributed by atoms with Crippen LogP contribution in [0.2, 0.25) is 0 Å². The second kappa shape index (κ2) is 8.21. The number of rotatable bonds is 5. The van der Waals surface area contributed by atoms with E-state index in [1.807, 2.05) is 20.8 Å². The first-order valence-corrected chi connectivity index (χ1v) is 10.1. The fraction of sp³-hybridized carbons (Fsp3) is 0.579. The van der Waals surface area contributed by atoms with Crippen LogP contribution < -0.4 is 4.90 Å².